The zero-order chi connectivity index (χ0) is 15.8. The lowest BCUT2D eigenvalue weighted by atomic mass is 10.2. The van der Waals surface area contributed by atoms with Crippen LogP contribution in [0, 0.1) is 11.3 Å². The maximum Gasteiger partial charge on any atom is 0.224 e. The van der Waals surface area contributed by atoms with Crippen molar-refractivity contribution in [3.63, 3.8) is 0 Å². The van der Waals surface area contributed by atoms with Crippen LogP contribution in [0.25, 0.3) is 5.57 Å². The number of allylic oxidation sites excluding steroid dienone is 1. The average Bonchev–Trinajstić information content (AvgIpc) is 3.04. The molecule has 3 N–H and O–H groups in total. The molecule has 1 heterocycles. The third-order valence-corrected chi connectivity index (χ3v) is 2.74. The van der Waals surface area contributed by atoms with Gasteiger partial charge in [-0.3, -0.25) is 4.79 Å². The molecule has 0 unspecified atom stereocenters. The summed E-state index contributed by atoms with van der Waals surface area (Å²) in [6, 6.07) is 9.14. The Hall–Kier alpha value is -3.21. The monoisotopic (exact) mass is 297 g/mol. The van der Waals surface area contributed by atoms with E-state index in [0.717, 1.165) is 17.8 Å². The number of hydrogen-bond donors (Lipinski definition) is 3. The molecule has 1 amide bonds. The number of anilines is 2. The first kappa shape index (κ1) is 15.2. The molecule has 0 aliphatic rings. The van der Waals surface area contributed by atoms with Crippen LogP contribution in [0.3, 0.4) is 0 Å². The molecule has 1 aromatic carbocycles. The van der Waals surface area contributed by atoms with E-state index in [2.05, 4.69) is 31.3 Å². The number of rotatable bonds is 6. The van der Waals surface area contributed by atoms with E-state index in [0.29, 0.717) is 6.42 Å². The fraction of sp³-hybridized carbons (Fsp3) is 0.214. The SMILES string of the molecule is CCCC(=O)Nc1ccc(NC=C(C#N)c2nn[nH]n2)cc1. The first-order valence-electron chi connectivity index (χ1n) is 6.73. The van der Waals surface area contributed by atoms with Crippen LogP contribution in [0.1, 0.15) is 25.6 Å². The summed E-state index contributed by atoms with van der Waals surface area (Å²) in [5, 5.41) is 28.0. The van der Waals surface area contributed by atoms with Gasteiger partial charge >= 0.3 is 0 Å². The molecule has 0 saturated heterocycles. The quantitative estimate of drug-likeness (QED) is 0.701. The molecule has 0 aliphatic carbocycles. The molecule has 2 rings (SSSR count). The summed E-state index contributed by atoms with van der Waals surface area (Å²) in [4.78, 5) is 11.5. The Labute approximate surface area is 127 Å². The van der Waals surface area contributed by atoms with E-state index in [9.17, 15) is 4.79 Å². The largest absolute Gasteiger partial charge is 0.360 e. The normalized spacial score (nSPS) is 10.8. The van der Waals surface area contributed by atoms with Crippen LogP contribution in [-0.4, -0.2) is 26.5 Å². The summed E-state index contributed by atoms with van der Waals surface area (Å²) >= 11 is 0. The van der Waals surface area contributed by atoms with Crippen LogP contribution in [0.2, 0.25) is 0 Å². The highest BCUT2D eigenvalue weighted by Crippen LogP contribution is 2.15. The van der Waals surface area contributed by atoms with Gasteiger partial charge in [-0.2, -0.15) is 10.5 Å². The minimum Gasteiger partial charge on any atom is -0.360 e. The summed E-state index contributed by atoms with van der Waals surface area (Å²) in [6.45, 7) is 1.95. The fourth-order valence-corrected chi connectivity index (χ4v) is 1.68. The van der Waals surface area contributed by atoms with Crippen molar-refractivity contribution < 1.29 is 4.79 Å². The smallest absolute Gasteiger partial charge is 0.224 e. The number of tetrazole rings is 1. The van der Waals surface area contributed by atoms with Gasteiger partial charge in [-0.15, -0.1) is 10.2 Å². The summed E-state index contributed by atoms with van der Waals surface area (Å²) in [5.74, 6) is 0.213. The van der Waals surface area contributed by atoms with Crippen LogP contribution in [0.15, 0.2) is 30.5 Å². The number of hydrogen-bond acceptors (Lipinski definition) is 6. The Kier molecular flexibility index (Phi) is 5.20. The van der Waals surface area contributed by atoms with Crippen molar-refractivity contribution in [2.75, 3.05) is 10.6 Å². The van der Waals surface area contributed by atoms with Crippen LogP contribution in [0.5, 0.6) is 0 Å². The highest BCUT2D eigenvalue weighted by Gasteiger charge is 2.05. The van der Waals surface area contributed by atoms with Gasteiger partial charge in [0, 0.05) is 24.0 Å². The first-order chi connectivity index (χ1) is 10.7. The summed E-state index contributed by atoms with van der Waals surface area (Å²) in [5.41, 5.74) is 1.76. The molecule has 1 aromatic heterocycles. The van der Waals surface area contributed by atoms with Crippen LogP contribution >= 0.6 is 0 Å². The average molecular weight is 297 g/mol. The standard InChI is InChI=1S/C14H15N7O/c1-2-3-13(22)17-12-6-4-11(5-7-12)16-9-10(8-15)14-18-20-21-19-14/h4-7,9,16H,2-3H2,1H3,(H,17,22)(H,18,19,20,21). The predicted molar refractivity (Wildman–Crippen MR) is 81.4 cm³/mol. The molecule has 0 spiro atoms. The molecule has 8 heteroatoms. The highest BCUT2D eigenvalue weighted by molar-refractivity contribution is 5.90. The second kappa shape index (κ2) is 7.54. The van der Waals surface area contributed by atoms with Gasteiger partial charge in [0.2, 0.25) is 11.7 Å². The number of nitrogens with one attached hydrogen (secondary N) is 3. The molecule has 2 aromatic rings. The molecule has 22 heavy (non-hydrogen) atoms. The Balaban J connectivity index is 1.99. The molecule has 0 fully saturated rings. The third-order valence-electron chi connectivity index (χ3n) is 2.74. The van der Waals surface area contributed by atoms with Crippen molar-refractivity contribution >= 4 is 22.9 Å². The Bertz CT molecular complexity index is 683. The number of aromatic amines is 1. The van der Waals surface area contributed by atoms with Gasteiger partial charge in [-0.05, 0) is 35.9 Å². The van der Waals surface area contributed by atoms with E-state index in [1.165, 1.54) is 6.20 Å². The lowest BCUT2D eigenvalue weighted by Crippen LogP contribution is -2.10. The highest BCUT2D eigenvalue weighted by atomic mass is 16.1. The summed E-state index contributed by atoms with van der Waals surface area (Å²) in [7, 11) is 0. The van der Waals surface area contributed by atoms with Crippen molar-refractivity contribution in [1.82, 2.24) is 20.6 Å². The van der Waals surface area contributed by atoms with Crippen LogP contribution < -0.4 is 10.6 Å². The molecule has 112 valence electrons. The van der Waals surface area contributed by atoms with Gasteiger partial charge in [0.15, 0.2) is 0 Å². The number of H-pyrrole nitrogens is 1. The van der Waals surface area contributed by atoms with Crippen LogP contribution in [0.4, 0.5) is 11.4 Å². The Morgan fingerprint density at radius 1 is 1.36 bits per heavy atom. The molecule has 0 aliphatic heterocycles. The van der Waals surface area contributed by atoms with E-state index in [1.807, 2.05) is 13.0 Å². The lowest BCUT2D eigenvalue weighted by Gasteiger charge is -2.06. The number of nitriles is 1. The summed E-state index contributed by atoms with van der Waals surface area (Å²) < 4.78 is 0. The zero-order valence-electron chi connectivity index (χ0n) is 12.0. The van der Waals surface area contributed by atoms with E-state index < -0.39 is 0 Å². The van der Waals surface area contributed by atoms with Gasteiger partial charge in [0.1, 0.15) is 11.6 Å². The second-order valence-electron chi connectivity index (χ2n) is 4.43. The first-order valence-corrected chi connectivity index (χ1v) is 6.73. The minimum absolute atomic E-state index is 0.00743. The second-order valence-corrected chi connectivity index (χ2v) is 4.43. The van der Waals surface area contributed by atoms with Crippen molar-refractivity contribution in [2.24, 2.45) is 0 Å². The molecule has 0 atom stereocenters. The minimum atomic E-state index is -0.00743. The number of nitrogens with zero attached hydrogens (tertiary/aromatic N) is 4. The fourth-order valence-electron chi connectivity index (χ4n) is 1.68. The third kappa shape index (κ3) is 4.14. The number of carbonyl (C=O) groups excluding carboxylic acids is 1. The summed E-state index contributed by atoms with van der Waals surface area (Å²) in [6.07, 6.45) is 2.80. The zero-order valence-corrected chi connectivity index (χ0v) is 12.0. The number of aromatic nitrogens is 4. The van der Waals surface area contributed by atoms with Crippen molar-refractivity contribution in [2.45, 2.75) is 19.8 Å². The number of carbonyl (C=O) groups is 1. The molecular formula is C14H15N7O. The van der Waals surface area contributed by atoms with Gasteiger partial charge in [0.05, 0.1) is 0 Å². The van der Waals surface area contributed by atoms with Gasteiger partial charge in [0.25, 0.3) is 0 Å². The maximum atomic E-state index is 11.5. The predicted octanol–water partition coefficient (Wildman–Crippen LogP) is 1.91. The van der Waals surface area contributed by atoms with E-state index in [-0.39, 0.29) is 17.3 Å². The van der Waals surface area contributed by atoms with Gasteiger partial charge < -0.3 is 10.6 Å². The van der Waals surface area contributed by atoms with Crippen molar-refractivity contribution in [3.8, 4) is 6.07 Å². The molecule has 0 saturated carbocycles. The number of benzene rings is 1. The maximum absolute atomic E-state index is 11.5. The molecular weight excluding hydrogens is 282 g/mol. The van der Waals surface area contributed by atoms with E-state index in [4.69, 9.17) is 5.26 Å². The Morgan fingerprint density at radius 3 is 2.68 bits per heavy atom. The lowest BCUT2D eigenvalue weighted by molar-refractivity contribution is -0.116. The molecule has 0 bridgehead atoms. The molecule has 0 radical (unpaired) electrons. The van der Waals surface area contributed by atoms with Crippen LogP contribution in [-0.2, 0) is 4.79 Å². The van der Waals surface area contributed by atoms with E-state index >= 15 is 0 Å². The van der Waals surface area contributed by atoms with Crippen molar-refractivity contribution in [1.29, 1.82) is 5.26 Å². The Morgan fingerprint density at radius 2 is 2.09 bits per heavy atom. The number of amides is 1. The molecule has 8 nitrogen and oxygen atoms in total. The topological polar surface area (TPSA) is 119 Å². The van der Waals surface area contributed by atoms with Gasteiger partial charge in [-0.25, -0.2) is 0 Å². The van der Waals surface area contributed by atoms with Gasteiger partial charge in [-0.1, -0.05) is 6.92 Å². The van der Waals surface area contributed by atoms with E-state index in [1.54, 1.807) is 24.3 Å². The van der Waals surface area contributed by atoms with Crippen molar-refractivity contribution in [3.05, 3.63) is 36.3 Å².